The highest BCUT2D eigenvalue weighted by molar-refractivity contribution is 7.20. The molecule has 2 aromatic carbocycles. The molecule has 1 aliphatic heterocycles. The zero-order valence-corrected chi connectivity index (χ0v) is 17.9. The van der Waals surface area contributed by atoms with Crippen LogP contribution in [0.2, 0.25) is 0 Å². The minimum atomic E-state index is -1.07. The Bertz CT molecular complexity index is 1440. The minimum absolute atomic E-state index is 0.118. The van der Waals surface area contributed by atoms with Gasteiger partial charge < -0.3 is 19.6 Å². The standard InChI is InChI=1S/C24H18N2O5S/c1-13-19-22(27)25-21(26-23(19)32-20(13)24(28)29)16(15-5-3-2-4-6-15)11-14-7-8-17-18(12-14)31-10-9-30-17/h2-8,11-12H,9-10H2,1H3,(H,28,29)(H,25,26,27). The molecule has 8 heteroatoms. The molecule has 160 valence electrons. The van der Waals surface area contributed by atoms with Gasteiger partial charge in [0.05, 0.1) is 5.39 Å². The minimum Gasteiger partial charge on any atom is -0.486 e. The van der Waals surface area contributed by atoms with Gasteiger partial charge in [0.1, 0.15) is 28.7 Å². The fourth-order valence-electron chi connectivity index (χ4n) is 3.70. The Morgan fingerprint density at radius 2 is 1.88 bits per heavy atom. The van der Waals surface area contributed by atoms with Crippen molar-refractivity contribution >= 4 is 39.2 Å². The van der Waals surface area contributed by atoms with Crippen LogP contribution in [-0.2, 0) is 0 Å². The van der Waals surface area contributed by atoms with E-state index in [1.165, 1.54) is 0 Å². The van der Waals surface area contributed by atoms with E-state index in [4.69, 9.17) is 9.47 Å². The summed E-state index contributed by atoms with van der Waals surface area (Å²) in [4.78, 5) is 32.4. The SMILES string of the molecule is Cc1c(C(=O)O)sc2nc(C(=Cc3ccc4c(c3)OCCO4)c3ccccc3)[nH]c(=O)c12. The van der Waals surface area contributed by atoms with Gasteiger partial charge in [-0.1, -0.05) is 36.4 Å². The number of thiophene rings is 1. The van der Waals surface area contributed by atoms with Crippen molar-refractivity contribution < 1.29 is 19.4 Å². The van der Waals surface area contributed by atoms with Crippen molar-refractivity contribution in [2.75, 3.05) is 13.2 Å². The van der Waals surface area contributed by atoms with Gasteiger partial charge in [-0.05, 0) is 41.8 Å². The van der Waals surface area contributed by atoms with Crippen LogP contribution < -0.4 is 15.0 Å². The second kappa shape index (κ2) is 7.97. The quantitative estimate of drug-likeness (QED) is 0.452. The van der Waals surface area contributed by atoms with Crippen LogP contribution in [0.5, 0.6) is 11.5 Å². The third kappa shape index (κ3) is 3.54. The first-order valence-corrected chi connectivity index (χ1v) is 10.8. The fourth-order valence-corrected chi connectivity index (χ4v) is 4.72. The average Bonchev–Trinajstić information content (AvgIpc) is 3.15. The molecule has 0 amide bonds. The van der Waals surface area contributed by atoms with Crippen molar-refractivity contribution in [1.29, 1.82) is 0 Å². The highest BCUT2D eigenvalue weighted by Crippen LogP contribution is 2.33. The number of carboxylic acids is 1. The Labute approximate surface area is 186 Å². The number of aryl methyl sites for hydroxylation is 1. The summed E-state index contributed by atoms with van der Waals surface area (Å²) in [6.07, 6.45) is 1.91. The number of hydrogen-bond acceptors (Lipinski definition) is 6. The molecule has 7 nitrogen and oxygen atoms in total. The molecule has 32 heavy (non-hydrogen) atoms. The maximum atomic E-state index is 12.9. The summed E-state index contributed by atoms with van der Waals surface area (Å²) in [5, 5.41) is 9.75. The van der Waals surface area contributed by atoms with Crippen molar-refractivity contribution in [2.45, 2.75) is 6.92 Å². The molecule has 2 aromatic heterocycles. The number of hydrogen-bond donors (Lipinski definition) is 2. The summed E-state index contributed by atoms with van der Waals surface area (Å²) in [6, 6.07) is 15.2. The molecule has 3 heterocycles. The molecule has 0 radical (unpaired) electrons. The van der Waals surface area contributed by atoms with Gasteiger partial charge in [0.2, 0.25) is 0 Å². The summed E-state index contributed by atoms with van der Waals surface area (Å²) in [7, 11) is 0. The van der Waals surface area contributed by atoms with Crippen LogP contribution in [-0.4, -0.2) is 34.3 Å². The number of aromatic nitrogens is 2. The number of carboxylic acid groups (broad SMARTS) is 1. The lowest BCUT2D eigenvalue weighted by molar-refractivity contribution is 0.0701. The average molecular weight is 446 g/mol. The Hall–Kier alpha value is -3.91. The van der Waals surface area contributed by atoms with E-state index in [-0.39, 0.29) is 10.4 Å². The lowest BCUT2D eigenvalue weighted by Crippen LogP contribution is -2.15. The van der Waals surface area contributed by atoms with Gasteiger partial charge in [-0.2, -0.15) is 0 Å². The third-order valence-electron chi connectivity index (χ3n) is 5.21. The van der Waals surface area contributed by atoms with Crippen LogP contribution in [0.4, 0.5) is 0 Å². The lowest BCUT2D eigenvalue weighted by atomic mass is 10.0. The topological polar surface area (TPSA) is 102 Å². The maximum absolute atomic E-state index is 12.9. The summed E-state index contributed by atoms with van der Waals surface area (Å²) >= 11 is 1.00. The van der Waals surface area contributed by atoms with Crippen molar-refractivity contribution in [3.8, 4) is 11.5 Å². The molecule has 0 saturated carbocycles. The fraction of sp³-hybridized carbons (Fsp3) is 0.125. The molecule has 5 rings (SSSR count). The molecule has 1 aliphatic rings. The van der Waals surface area contributed by atoms with Gasteiger partial charge in [0.25, 0.3) is 5.56 Å². The van der Waals surface area contributed by atoms with Crippen molar-refractivity contribution in [3.05, 3.63) is 86.3 Å². The molecule has 0 unspecified atom stereocenters. The van der Waals surface area contributed by atoms with Crippen molar-refractivity contribution in [2.24, 2.45) is 0 Å². The molecular formula is C24H18N2O5S. The van der Waals surface area contributed by atoms with E-state index < -0.39 is 5.97 Å². The predicted molar refractivity (Wildman–Crippen MR) is 123 cm³/mol. The van der Waals surface area contributed by atoms with Crippen molar-refractivity contribution in [3.63, 3.8) is 0 Å². The van der Waals surface area contributed by atoms with Gasteiger partial charge in [0, 0.05) is 5.57 Å². The Balaban J connectivity index is 1.70. The van der Waals surface area contributed by atoms with Crippen LogP contribution >= 0.6 is 11.3 Å². The van der Waals surface area contributed by atoms with Crippen LogP contribution in [0.15, 0.2) is 53.3 Å². The highest BCUT2D eigenvalue weighted by atomic mass is 32.1. The normalized spacial score (nSPS) is 13.3. The van der Waals surface area contributed by atoms with E-state index >= 15 is 0 Å². The van der Waals surface area contributed by atoms with Crippen LogP contribution in [0.1, 0.15) is 32.2 Å². The van der Waals surface area contributed by atoms with Crippen LogP contribution in [0, 0.1) is 6.92 Å². The first-order chi connectivity index (χ1) is 15.5. The zero-order valence-electron chi connectivity index (χ0n) is 17.0. The second-order valence-corrected chi connectivity index (χ2v) is 8.28. The number of nitrogens with one attached hydrogen (secondary N) is 1. The summed E-state index contributed by atoms with van der Waals surface area (Å²) in [6.45, 7) is 2.63. The Morgan fingerprint density at radius 3 is 2.62 bits per heavy atom. The summed E-state index contributed by atoms with van der Waals surface area (Å²) in [5.41, 5.74) is 2.47. The molecule has 2 N–H and O–H groups in total. The maximum Gasteiger partial charge on any atom is 0.346 e. The number of ether oxygens (including phenoxy) is 2. The van der Waals surface area contributed by atoms with Gasteiger partial charge in [-0.3, -0.25) is 4.79 Å². The number of nitrogens with zero attached hydrogens (tertiary/aromatic N) is 1. The molecule has 0 aliphatic carbocycles. The molecule has 0 fully saturated rings. The van der Waals surface area contributed by atoms with E-state index in [2.05, 4.69) is 9.97 Å². The Kier molecular flexibility index (Phi) is 4.99. The zero-order chi connectivity index (χ0) is 22.2. The van der Waals surface area contributed by atoms with E-state index in [0.29, 0.717) is 51.9 Å². The predicted octanol–water partition coefficient (Wildman–Crippen LogP) is 4.35. The molecular weight excluding hydrogens is 428 g/mol. The van der Waals surface area contributed by atoms with E-state index in [1.54, 1.807) is 6.92 Å². The number of benzene rings is 2. The Morgan fingerprint density at radius 1 is 1.12 bits per heavy atom. The second-order valence-electron chi connectivity index (χ2n) is 7.28. The highest BCUT2D eigenvalue weighted by Gasteiger charge is 2.20. The monoisotopic (exact) mass is 446 g/mol. The third-order valence-corrected chi connectivity index (χ3v) is 6.39. The first kappa shape index (κ1) is 20.0. The largest absolute Gasteiger partial charge is 0.486 e. The smallest absolute Gasteiger partial charge is 0.346 e. The lowest BCUT2D eigenvalue weighted by Gasteiger charge is -2.18. The molecule has 4 aromatic rings. The first-order valence-electron chi connectivity index (χ1n) is 9.95. The van der Waals surface area contributed by atoms with E-state index in [9.17, 15) is 14.7 Å². The van der Waals surface area contributed by atoms with Gasteiger partial charge >= 0.3 is 5.97 Å². The number of aromatic amines is 1. The number of fused-ring (bicyclic) bond motifs is 2. The summed E-state index contributed by atoms with van der Waals surface area (Å²) < 4.78 is 11.3. The molecule has 0 saturated heterocycles. The van der Waals surface area contributed by atoms with Gasteiger partial charge in [0.15, 0.2) is 11.5 Å². The summed E-state index contributed by atoms with van der Waals surface area (Å²) in [5.74, 6) is 0.649. The van der Waals surface area contributed by atoms with Crippen LogP contribution in [0.25, 0.3) is 21.9 Å². The van der Waals surface area contributed by atoms with Crippen LogP contribution in [0.3, 0.4) is 0 Å². The van der Waals surface area contributed by atoms with Crippen molar-refractivity contribution in [1.82, 2.24) is 9.97 Å². The number of H-pyrrole nitrogens is 1. The van der Waals surface area contributed by atoms with Gasteiger partial charge in [-0.15, -0.1) is 11.3 Å². The number of aromatic carboxylic acids is 1. The molecule has 0 spiro atoms. The number of rotatable bonds is 4. The molecule has 0 bridgehead atoms. The van der Waals surface area contributed by atoms with E-state index in [1.807, 2.05) is 54.6 Å². The molecule has 0 atom stereocenters. The van der Waals surface area contributed by atoms with Gasteiger partial charge in [-0.25, -0.2) is 9.78 Å². The number of carbonyl (C=O) groups is 1. The van der Waals surface area contributed by atoms with E-state index in [0.717, 1.165) is 22.5 Å².